The fourth-order valence-corrected chi connectivity index (χ4v) is 1.09. The van der Waals surface area contributed by atoms with Crippen LogP contribution in [0, 0.1) is 0 Å². The van der Waals surface area contributed by atoms with E-state index in [1.807, 2.05) is 36.5 Å². The number of hydrogen-bond donors (Lipinski definition) is 0. The highest BCUT2D eigenvalue weighted by Crippen LogP contribution is 2.14. The molecular formula is C16H18. The highest BCUT2D eigenvalue weighted by molar-refractivity contribution is 5.50. The van der Waals surface area contributed by atoms with Crippen LogP contribution in [0.2, 0.25) is 0 Å². The molecule has 0 atom stereocenters. The Morgan fingerprint density at radius 1 is 0.562 bits per heavy atom. The van der Waals surface area contributed by atoms with Gasteiger partial charge in [0.25, 0.3) is 0 Å². The van der Waals surface area contributed by atoms with Gasteiger partial charge < -0.3 is 0 Å². The lowest BCUT2D eigenvalue weighted by atomic mass is 10.0. The van der Waals surface area contributed by atoms with Gasteiger partial charge in [-0.3, -0.25) is 0 Å². The standard InChI is InChI=1S/C16H18/c1-5-9-13-15(11-7-3)16(12-8-4)14-10-6-2/h5-14H,1-4H2/b13-9-,14-10-,15-11+,16-12+. The average molecular weight is 210 g/mol. The highest BCUT2D eigenvalue weighted by Gasteiger charge is 1.95. The van der Waals surface area contributed by atoms with E-state index in [4.69, 9.17) is 0 Å². The molecule has 0 aromatic heterocycles. The van der Waals surface area contributed by atoms with Crippen molar-refractivity contribution in [2.45, 2.75) is 0 Å². The molecular weight excluding hydrogens is 192 g/mol. The highest BCUT2D eigenvalue weighted by atomic mass is 14.0. The Morgan fingerprint density at radius 3 is 1.19 bits per heavy atom. The minimum absolute atomic E-state index is 1.05. The van der Waals surface area contributed by atoms with E-state index in [1.54, 1.807) is 24.3 Å². The van der Waals surface area contributed by atoms with Crippen molar-refractivity contribution in [3.63, 3.8) is 0 Å². The van der Waals surface area contributed by atoms with Gasteiger partial charge in [0, 0.05) is 0 Å². The molecule has 0 aliphatic carbocycles. The molecule has 0 spiro atoms. The summed E-state index contributed by atoms with van der Waals surface area (Å²) in [7, 11) is 0. The average Bonchev–Trinajstić information content (AvgIpc) is 2.30. The third-order valence-electron chi connectivity index (χ3n) is 1.75. The second-order valence-electron chi connectivity index (χ2n) is 2.91. The smallest absolute Gasteiger partial charge is 0.0184 e. The zero-order chi connectivity index (χ0) is 12.2. The molecule has 0 unspecified atom stereocenters. The lowest BCUT2D eigenvalue weighted by Crippen LogP contribution is -1.82. The quantitative estimate of drug-likeness (QED) is 0.534. The maximum absolute atomic E-state index is 3.70. The van der Waals surface area contributed by atoms with Crippen molar-refractivity contribution in [3.8, 4) is 0 Å². The van der Waals surface area contributed by atoms with Crippen LogP contribution in [0.5, 0.6) is 0 Å². The van der Waals surface area contributed by atoms with Crippen molar-refractivity contribution in [1.29, 1.82) is 0 Å². The second kappa shape index (κ2) is 9.47. The molecule has 0 fully saturated rings. The van der Waals surface area contributed by atoms with Crippen LogP contribution >= 0.6 is 0 Å². The van der Waals surface area contributed by atoms with Crippen molar-refractivity contribution in [3.05, 3.63) is 98.2 Å². The summed E-state index contributed by atoms with van der Waals surface area (Å²) in [6, 6.07) is 0. The first-order chi connectivity index (χ1) is 7.79. The molecule has 82 valence electrons. The van der Waals surface area contributed by atoms with Crippen molar-refractivity contribution in [2.24, 2.45) is 0 Å². The van der Waals surface area contributed by atoms with E-state index < -0.39 is 0 Å². The summed E-state index contributed by atoms with van der Waals surface area (Å²) in [6.07, 6.45) is 18.5. The third kappa shape index (κ3) is 5.61. The van der Waals surface area contributed by atoms with Gasteiger partial charge in [-0.05, 0) is 11.1 Å². The lowest BCUT2D eigenvalue weighted by Gasteiger charge is -2.01. The molecule has 0 saturated heterocycles. The molecule has 0 nitrogen and oxygen atoms in total. The zero-order valence-electron chi connectivity index (χ0n) is 9.60. The summed E-state index contributed by atoms with van der Waals surface area (Å²) in [5, 5.41) is 0. The molecule has 0 aromatic carbocycles. The van der Waals surface area contributed by atoms with E-state index in [0.29, 0.717) is 0 Å². The van der Waals surface area contributed by atoms with Crippen LogP contribution in [0.25, 0.3) is 0 Å². The van der Waals surface area contributed by atoms with Crippen LogP contribution in [0.1, 0.15) is 0 Å². The molecule has 0 bridgehead atoms. The first kappa shape index (κ1) is 13.9. The van der Waals surface area contributed by atoms with Gasteiger partial charge >= 0.3 is 0 Å². The summed E-state index contributed by atoms with van der Waals surface area (Å²) < 4.78 is 0. The third-order valence-corrected chi connectivity index (χ3v) is 1.75. The van der Waals surface area contributed by atoms with Gasteiger partial charge in [-0.2, -0.15) is 0 Å². The van der Waals surface area contributed by atoms with Gasteiger partial charge in [0.2, 0.25) is 0 Å². The first-order valence-corrected chi connectivity index (χ1v) is 5.04. The van der Waals surface area contributed by atoms with E-state index in [0.717, 1.165) is 11.1 Å². The summed E-state index contributed by atoms with van der Waals surface area (Å²) in [6.45, 7) is 14.7. The molecule has 16 heavy (non-hydrogen) atoms. The Labute approximate surface area is 98.7 Å². The lowest BCUT2D eigenvalue weighted by molar-refractivity contribution is 1.54. The number of allylic oxidation sites excluding steroid dienone is 12. The SMILES string of the molecule is C=C\C=C/C(=C\C=C)C(/C=C\C=C)=C/C=C. The van der Waals surface area contributed by atoms with Crippen LogP contribution in [0.3, 0.4) is 0 Å². The minimum atomic E-state index is 1.05. The molecule has 0 heteroatoms. The number of rotatable bonds is 7. The molecule has 0 radical (unpaired) electrons. The van der Waals surface area contributed by atoms with Crippen LogP contribution in [0.15, 0.2) is 98.2 Å². The first-order valence-electron chi connectivity index (χ1n) is 5.04. The fraction of sp³-hybridized carbons (Fsp3) is 0. The normalized spacial score (nSPS) is 13.0. The second-order valence-corrected chi connectivity index (χ2v) is 2.91. The Hall–Kier alpha value is -2.08. The zero-order valence-corrected chi connectivity index (χ0v) is 9.60. The van der Waals surface area contributed by atoms with Crippen LogP contribution in [-0.4, -0.2) is 0 Å². The largest absolute Gasteiger partial charge is 0.0991 e. The van der Waals surface area contributed by atoms with E-state index in [2.05, 4.69) is 26.3 Å². The summed E-state index contributed by atoms with van der Waals surface area (Å²) in [5.74, 6) is 0. The fourth-order valence-electron chi connectivity index (χ4n) is 1.09. The van der Waals surface area contributed by atoms with E-state index in [1.165, 1.54) is 0 Å². The van der Waals surface area contributed by atoms with E-state index in [9.17, 15) is 0 Å². The Bertz CT molecular complexity index is 333. The van der Waals surface area contributed by atoms with Gasteiger partial charge in [0.15, 0.2) is 0 Å². The molecule has 0 heterocycles. The van der Waals surface area contributed by atoms with Gasteiger partial charge in [0.1, 0.15) is 0 Å². The summed E-state index contributed by atoms with van der Waals surface area (Å²) in [4.78, 5) is 0. The maximum Gasteiger partial charge on any atom is -0.0184 e. The molecule has 0 aliphatic rings. The molecule has 0 aliphatic heterocycles. The summed E-state index contributed by atoms with van der Waals surface area (Å²) in [5.41, 5.74) is 2.10. The molecule has 0 amide bonds. The molecule has 0 saturated carbocycles. The van der Waals surface area contributed by atoms with Gasteiger partial charge in [0.05, 0.1) is 0 Å². The Kier molecular flexibility index (Phi) is 8.24. The van der Waals surface area contributed by atoms with Crippen LogP contribution < -0.4 is 0 Å². The van der Waals surface area contributed by atoms with E-state index >= 15 is 0 Å². The molecule has 0 N–H and O–H groups in total. The minimum Gasteiger partial charge on any atom is -0.0991 e. The van der Waals surface area contributed by atoms with Gasteiger partial charge in [-0.15, -0.1) is 0 Å². The maximum atomic E-state index is 3.70. The van der Waals surface area contributed by atoms with Gasteiger partial charge in [-0.25, -0.2) is 0 Å². The van der Waals surface area contributed by atoms with Gasteiger partial charge in [-0.1, -0.05) is 87.1 Å². The van der Waals surface area contributed by atoms with Crippen molar-refractivity contribution in [2.75, 3.05) is 0 Å². The summed E-state index contributed by atoms with van der Waals surface area (Å²) >= 11 is 0. The van der Waals surface area contributed by atoms with Crippen molar-refractivity contribution in [1.82, 2.24) is 0 Å². The Balaban J connectivity index is 5.25. The van der Waals surface area contributed by atoms with Crippen molar-refractivity contribution >= 4 is 0 Å². The monoisotopic (exact) mass is 210 g/mol. The van der Waals surface area contributed by atoms with Crippen LogP contribution in [-0.2, 0) is 0 Å². The topological polar surface area (TPSA) is 0 Å². The van der Waals surface area contributed by atoms with Crippen LogP contribution in [0.4, 0.5) is 0 Å². The number of hydrogen-bond acceptors (Lipinski definition) is 0. The molecule has 0 rings (SSSR count). The predicted octanol–water partition coefficient (Wildman–Crippen LogP) is 4.70. The predicted molar refractivity (Wildman–Crippen MR) is 75.2 cm³/mol. The van der Waals surface area contributed by atoms with Crippen molar-refractivity contribution < 1.29 is 0 Å². The Morgan fingerprint density at radius 2 is 0.938 bits per heavy atom. The molecule has 0 aromatic rings. The van der Waals surface area contributed by atoms with E-state index in [-0.39, 0.29) is 0 Å².